The Bertz CT molecular complexity index is 577. The molecule has 106 valence electrons. The number of aliphatic hydroxyl groups excluding tert-OH is 1. The van der Waals surface area contributed by atoms with Crippen molar-refractivity contribution in [3.8, 4) is 17.6 Å². The average molecular weight is 276 g/mol. The van der Waals surface area contributed by atoms with Crippen LogP contribution in [0.15, 0.2) is 12.1 Å². The second-order valence-corrected chi connectivity index (χ2v) is 4.63. The van der Waals surface area contributed by atoms with Crippen molar-refractivity contribution in [3.63, 3.8) is 0 Å². The summed E-state index contributed by atoms with van der Waals surface area (Å²) in [4.78, 5) is 13.7. The highest BCUT2D eigenvalue weighted by Crippen LogP contribution is 2.41. The zero-order valence-corrected chi connectivity index (χ0v) is 11.6. The molecule has 2 atom stereocenters. The predicted molar refractivity (Wildman–Crippen MR) is 70.6 cm³/mol. The van der Waals surface area contributed by atoms with Gasteiger partial charge in [-0.25, -0.2) is 0 Å². The van der Waals surface area contributed by atoms with Gasteiger partial charge in [0, 0.05) is 18.2 Å². The molecule has 1 aromatic rings. The summed E-state index contributed by atoms with van der Waals surface area (Å²) < 4.78 is 10.4. The lowest BCUT2D eigenvalue weighted by molar-refractivity contribution is 0.0640. The smallest absolute Gasteiger partial charge is 0.255 e. The fraction of sp³-hybridized carbons (Fsp3) is 0.429. The van der Waals surface area contributed by atoms with Gasteiger partial charge in [0.05, 0.1) is 32.0 Å². The highest BCUT2D eigenvalue weighted by atomic mass is 16.5. The van der Waals surface area contributed by atoms with Crippen LogP contribution in [0.2, 0.25) is 0 Å². The van der Waals surface area contributed by atoms with Crippen molar-refractivity contribution in [1.82, 2.24) is 4.90 Å². The molecule has 0 aliphatic carbocycles. The van der Waals surface area contributed by atoms with Crippen LogP contribution >= 0.6 is 0 Å². The Labute approximate surface area is 117 Å². The molecule has 0 spiro atoms. The second-order valence-electron chi connectivity index (χ2n) is 4.63. The van der Waals surface area contributed by atoms with Crippen LogP contribution in [-0.4, -0.2) is 42.8 Å². The van der Waals surface area contributed by atoms with Crippen molar-refractivity contribution >= 4 is 5.91 Å². The van der Waals surface area contributed by atoms with Crippen LogP contribution in [0, 0.1) is 11.3 Å². The molecule has 0 fully saturated rings. The van der Waals surface area contributed by atoms with Crippen LogP contribution in [0.5, 0.6) is 11.5 Å². The number of nitrogens with zero attached hydrogens (tertiary/aromatic N) is 2. The number of hydrogen-bond donors (Lipinski definition) is 1. The summed E-state index contributed by atoms with van der Waals surface area (Å²) in [5, 5.41) is 18.8. The van der Waals surface area contributed by atoms with E-state index in [2.05, 4.69) is 6.07 Å². The number of carbonyl (C=O) groups excluding carboxylic acids is 1. The molecule has 1 N–H and O–H groups in total. The number of rotatable bonds is 4. The zero-order valence-electron chi connectivity index (χ0n) is 11.6. The first-order valence-electron chi connectivity index (χ1n) is 6.18. The third kappa shape index (κ3) is 2.17. The molecular weight excluding hydrogens is 260 g/mol. The molecule has 1 amide bonds. The van der Waals surface area contributed by atoms with E-state index in [0.717, 1.165) is 0 Å². The van der Waals surface area contributed by atoms with Crippen LogP contribution in [0.25, 0.3) is 0 Å². The van der Waals surface area contributed by atoms with Gasteiger partial charge in [0.25, 0.3) is 5.91 Å². The first-order chi connectivity index (χ1) is 9.53. The lowest BCUT2D eigenvalue weighted by Crippen LogP contribution is -2.33. The standard InChI is InChI=1S/C14H16N2O4/c1-8(17)7-16-11(6-15)13-10(14(16)18)4-9(19-2)5-12(13)20-3/h4-5,8,11,17H,7H2,1-3H3. The van der Waals surface area contributed by atoms with Crippen LogP contribution in [0.3, 0.4) is 0 Å². The summed E-state index contributed by atoms with van der Waals surface area (Å²) >= 11 is 0. The molecule has 0 saturated heterocycles. The van der Waals surface area contributed by atoms with E-state index in [1.165, 1.54) is 19.1 Å². The van der Waals surface area contributed by atoms with E-state index in [9.17, 15) is 15.2 Å². The minimum Gasteiger partial charge on any atom is -0.497 e. The Kier molecular flexibility index (Phi) is 3.81. The molecule has 0 bridgehead atoms. The molecule has 2 unspecified atom stereocenters. The molecule has 6 heteroatoms. The number of hydrogen-bond acceptors (Lipinski definition) is 5. The second kappa shape index (κ2) is 5.39. The molecule has 1 aromatic carbocycles. The monoisotopic (exact) mass is 276 g/mol. The summed E-state index contributed by atoms with van der Waals surface area (Å²) in [5.41, 5.74) is 0.912. The number of β-amino-alcohol motifs (C(OH)–C–C–N with tert-alkyl or cyclic N) is 1. The molecule has 0 aromatic heterocycles. The van der Waals surface area contributed by atoms with Crippen molar-refractivity contribution in [2.75, 3.05) is 20.8 Å². The van der Waals surface area contributed by atoms with Crippen LogP contribution < -0.4 is 9.47 Å². The van der Waals surface area contributed by atoms with Crippen molar-refractivity contribution in [3.05, 3.63) is 23.3 Å². The summed E-state index contributed by atoms with van der Waals surface area (Å²) in [7, 11) is 2.97. The number of aliphatic hydroxyl groups is 1. The normalized spacial score (nSPS) is 18.4. The van der Waals surface area contributed by atoms with Gasteiger partial charge in [0.15, 0.2) is 0 Å². The predicted octanol–water partition coefficient (Wildman–Crippen LogP) is 1.11. The van der Waals surface area contributed by atoms with Gasteiger partial charge < -0.3 is 19.5 Å². The Balaban J connectivity index is 2.56. The van der Waals surface area contributed by atoms with Crippen LogP contribution in [0.4, 0.5) is 0 Å². The maximum absolute atomic E-state index is 12.4. The molecule has 1 heterocycles. The third-order valence-electron chi connectivity index (χ3n) is 3.23. The van der Waals surface area contributed by atoms with Crippen molar-refractivity contribution in [2.45, 2.75) is 19.1 Å². The quantitative estimate of drug-likeness (QED) is 0.890. The Morgan fingerprint density at radius 2 is 2.15 bits per heavy atom. The third-order valence-corrected chi connectivity index (χ3v) is 3.23. The Morgan fingerprint density at radius 1 is 1.45 bits per heavy atom. The lowest BCUT2D eigenvalue weighted by atomic mass is 10.0. The van der Waals surface area contributed by atoms with Crippen LogP contribution in [-0.2, 0) is 0 Å². The average Bonchev–Trinajstić information content (AvgIpc) is 2.70. The topological polar surface area (TPSA) is 82.8 Å². The minimum atomic E-state index is -0.757. The maximum atomic E-state index is 12.4. The summed E-state index contributed by atoms with van der Waals surface area (Å²) in [6.45, 7) is 1.67. The molecule has 6 nitrogen and oxygen atoms in total. The number of fused-ring (bicyclic) bond motifs is 1. The molecule has 20 heavy (non-hydrogen) atoms. The van der Waals surface area contributed by atoms with E-state index in [1.807, 2.05) is 0 Å². The Morgan fingerprint density at radius 3 is 2.65 bits per heavy atom. The first-order valence-corrected chi connectivity index (χ1v) is 6.18. The fourth-order valence-corrected chi connectivity index (χ4v) is 2.38. The number of nitriles is 1. The van der Waals surface area contributed by atoms with Crippen molar-refractivity contribution in [1.29, 1.82) is 5.26 Å². The lowest BCUT2D eigenvalue weighted by Gasteiger charge is -2.21. The SMILES string of the molecule is COc1cc(OC)c2c(c1)C(=O)N(CC(C)O)C2C#N. The summed E-state index contributed by atoms with van der Waals surface area (Å²) in [5.74, 6) is 0.626. The molecule has 0 radical (unpaired) electrons. The zero-order chi connectivity index (χ0) is 14.9. The Hall–Kier alpha value is -2.26. The summed E-state index contributed by atoms with van der Waals surface area (Å²) in [6.07, 6.45) is -0.711. The van der Waals surface area contributed by atoms with Gasteiger partial charge in [0.2, 0.25) is 0 Å². The van der Waals surface area contributed by atoms with E-state index in [0.29, 0.717) is 22.6 Å². The van der Waals surface area contributed by atoms with E-state index in [1.54, 1.807) is 19.1 Å². The molecule has 0 saturated carbocycles. The van der Waals surface area contributed by atoms with Gasteiger partial charge in [-0.1, -0.05) is 0 Å². The molecule has 1 aliphatic heterocycles. The first kappa shape index (κ1) is 14.2. The highest BCUT2D eigenvalue weighted by molar-refractivity contribution is 6.01. The van der Waals surface area contributed by atoms with Gasteiger partial charge >= 0.3 is 0 Å². The van der Waals surface area contributed by atoms with E-state index < -0.39 is 12.1 Å². The largest absolute Gasteiger partial charge is 0.497 e. The van der Waals surface area contributed by atoms with Gasteiger partial charge in [-0.2, -0.15) is 5.26 Å². The number of ether oxygens (including phenoxy) is 2. The minimum absolute atomic E-state index is 0.0945. The number of benzene rings is 1. The number of carbonyl (C=O) groups is 1. The number of methoxy groups -OCH3 is 2. The van der Waals surface area contributed by atoms with Crippen LogP contribution in [0.1, 0.15) is 28.9 Å². The van der Waals surface area contributed by atoms with Crippen molar-refractivity contribution in [2.24, 2.45) is 0 Å². The van der Waals surface area contributed by atoms with Gasteiger partial charge in [-0.05, 0) is 13.0 Å². The summed E-state index contributed by atoms with van der Waals surface area (Å²) in [6, 6.07) is 4.57. The van der Waals surface area contributed by atoms with Crippen molar-refractivity contribution < 1.29 is 19.4 Å². The fourth-order valence-electron chi connectivity index (χ4n) is 2.38. The van der Waals surface area contributed by atoms with Gasteiger partial charge in [-0.15, -0.1) is 0 Å². The number of amides is 1. The molecular formula is C14H16N2O4. The van der Waals surface area contributed by atoms with E-state index in [-0.39, 0.29) is 12.5 Å². The van der Waals surface area contributed by atoms with E-state index >= 15 is 0 Å². The van der Waals surface area contributed by atoms with Gasteiger partial charge in [0.1, 0.15) is 17.5 Å². The molecule has 2 rings (SSSR count). The molecule has 1 aliphatic rings. The highest BCUT2D eigenvalue weighted by Gasteiger charge is 2.40. The van der Waals surface area contributed by atoms with Gasteiger partial charge in [-0.3, -0.25) is 4.79 Å². The maximum Gasteiger partial charge on any atom is 0.255 e. The van der Waals surface area contributed by atoms with E-state index in [4.69, 9.17) is 9.47 Å².